The van der Waals surface area contributed by atoms with Crippen molar-refractivity contribution in [3.05, 3.63) is 75.2 Å². The molecule has 7 heteroatoms. The summed E-state index contributed by atoms with van der Waals surface area (Å²) in [7, 11) is 0. The lowest BCUT2D eigenvalue weighted by Gasteiger charge is -2.26. The van der Waals surface area contributed by atoms with Gasteiger partial charge in [0.2, 0.25) is 5.43 Å². The standard InChI is InChI=1S/C24H25N3O4/c1-3-27-13-19(22(29)18-12-11-15(2)25-23(18)27)24(30)31-14-21(28)26-20-10-6-8-16-7-4-5-9-17(16)20/h4-5,7,9,11-13,20H,3,6,8,10,14H2,1-2H3,(H,26,28). The predicted octanol–water partition coefficient (Wildman–Crippen LogP) is 3.08. The van der Waals surface area contributed by atoms with E-state index in [1.807, 2.05) is 32.0 Å². The molecule has 3 aromatic rings. The van der Waals surface area contributed by atoms with E-state index in [1.165, 1.54) is 11.8 Å². The molecule has 1 amide bonds. The van der Waals surface area contributed by atoms with E-state index in [9.17, 15) is 14.4 Å². The van der Waals surface area contributed by atoms with Gasteiger partial charge in [-0.25, -0.2) is 9.78 Å². The molecule has 1 aliphatic carbocycles. The molecule has 31 heavy (non-hydrogen) atoms. The highest BCUT2D eigenvalue weighted by atomic mass is 16.5. The Kier molecular flexibility index (Phi) is 5.84. The molecule has 7 nitrogen and oxygen atoms in total. The van der Waals surface area contributed by atoms with Crippen molar-refractivity contribution in [1.82, 2.24) is 14.9 Å². The number of nitrogens with zero attached hydrogens (tertiary/aromatic N) is 2. The summed E-state index contributed by atoms with van der Waals surface area (Å²) in [5.41, 5.74) is 3.10. The highest BCUT2D eigenvalue weighted by Crippen LogP contribution is 2.29. The van der Waals surface area contributed by atoms with Crippen LogP contribution < -0.4 is 10.7 Å². The summed E-state index contributed by atoms with van der Waals surface area (Å²) >= 11 is 0. The van der Waals surface area contributed by atoms with E-state index in [-0.39, 0.29) is 17.5 Å². The number of rotatable bonds is 5. The zero-order valence-electron chi connectivity index (χ0n) is 17.7. The van der Waals surface area contributed by atoms with Gasteiger partial charge in [-0.3, -0.25) is 9.59 Å². The Morgan fingerprint density at radius 2 is 2.03 bits per heavy atom. The lowest BCUT2D eigenvalue weighted by atomic mass is 9.88. The molecule has 2 heterocycles. The molecular weight excluding hydrogens is 394 g/mol. The second-order valence-corrected chi connectivity index (χ2v) is 7.77. The minimum atomic E-state index is -0.811. The van der Waals surface area contributed by atoms with E-state index >= 15 is 0 Å². The Morgan fingerprint density at radius 1 is 1.23 bits per heavy atom. The minimum absolute atomic E-state index is 0.0940. The van der Waals surface area contributed by atoms with E-state index in [1.54, 1.807) is 16.7 Å². The first kappa shape index (κ1) is 20.8. The number of hydrogen-bond acceptors (Lipinski definition) is 5. The molecule has 4 rings (SSSR count). The number of nitrogens with one attached hydrogen (secondary N) is 1. The molecule has 160 valence electrons. The van der Waals surface area contributed by atoms with Gasteiger partial charge in [-0.15, -0.1) is 0 Å². The normalized spacial score (nSPS) is 15.4. The first-order valence-electron chi connectivity index (χ1n) is 10.5. The fourth-order valence-electron chi connectivity index (χ4n) is 4.10. The molecule has 0 saturated heterocycles. The van der Waals surface area contributed by atoms with Crippen molar-refractivity contribution in [2.24, 2.45) is 0 Å². The smallest absolute Gasteiger partial charge is 0.344 e. The second kappa shape index (κ2) is 8.71. The number of hydrogen-bond donors (Lipinski definition) is 1. The van der Waals surface area contributed by atoms with Gasteiger partial charge in [0, 0.05) is 18.4 Å². The van der Waals surface area contributed by atoms with Crippen molar-refractivity contribution in [3.8, 4) is 0 Å². The third kappa shape index (κ3) is 4.21. The maximum Gasteiger partial charge on any atom is 0.344 e. The highest BCUT2D eigenvalue weighted by molar-refractivity contribution is 5.94. The van der Waals surface area contributed by atoms with Crippen LogP contribution in [0.3, 0.4) is 0 Å². The van der Waals surface area contributed by atoms with E-state index in [0.29, 0.717) is 17.6 Å². The molecule has 0 spiro atoms. The van der Waals surface area contributed by atoms with Crippen LogP contribution in [0.15, 0.2) is 47.4 Å². The van der Waals surface area contributed by atoms with Crippen molar-refractivity contribution in [1.29, 1.82) is 0 Å². The quantitative estimate of drug-likeness (QED) is 0.642. The first-order valence-corrected chi connectivity index (χ1v) is 10.5. The van der Waals surface area contributed by atoms with Crippen LogP contribution in [0.2, 0.25) is 0 Å². The van der Waals surface area contributed by atoms with Crippen LogP contribution in [0, 0.1) is 6.92 Å². The summed E-state index contributed by atoms with van der Waals surface area (Å²) < 4.78 is 6.92. The topological polar surface area (TPSA) is 90.3 Å². The number of benzene rings is 1. The number of pyridine rings is 2. The van der Waals surface area contributed by atoms with Gasteiger partial charge in [-0.1, -0.05) is 24.3 Å². The third-order valence-electron chi connectivity index (χ3n) is 5.66. The highest BCUT2D eigenvalue weighted by Gasteiger charge is 2.23. The van der Waals surface area contributed by atoms with Crippen LogP contribution in [0.25, 0.3) is 11.0 Å². The Labute approximate surface area is 180 Å². The SMILES string of the molecule is CCn1cc(C(=O)OCC(=O)NC2CCCc3ccccc32)c(=O)c2ccc(C)nc21. The molecule has 0 radical (unpaired) electrons. The average molecular weight is 419 g/mol. The van der Waals surface area contributed by atoms with E-state index < -0.39 is 18.0 Å². The summed E-state index contributed by atoms with van der Waals surface area (Å²) in [6.07, 6.45) is 4.28. The van der Waals surface area contributed by atoms with E-state index in [4.69, 9.17) is 4.74 Å². The molecule has 0 aliphatic heterocycles. The molecule has 1 aromatic carbocycles. The van der Waals surface area contributed by atoms with Gasteiger partial charge in [0.05, 0.1) is 11.4 Å². The molecule has 0 saturated carbocycles. The van der Waals surface area contributed by atoms with Crippen LogP contribution in [0.1, 0.15) is 53.0 Å². The van der Waals surface area contributed by atoms with Gasteiger partial charge in [-0.05, 0) is 56.4 Å². The van der Waals surface area contributed by atoms with Crippen LogP contribution in [-0.2, 0) is 22.5 Å². The lowest BCUT2D eigenvalue weighted by Crippen LogP contribution is -2.34. The summed E-state index contributed by atoms with van der Waals surface area (Å²) in [5, 5.41) is 3.30. The fraction of sp³-hybridized carbons (Fsp3) is 0.333. The van der Waals surface area contributed by atoms with Crippen molar-refractivity contribution in [3.63, 3.8) is 0 Å². The fourth-order valence-corrected chi connectivity index (χ4v) is 4.10. The zero-order chi connectivity index (χ0) is 22.0. The van der Waals surface area contributed by atoms with Crippen LogP contribution >= 0.6 is 0 Å². The Hall–Kier alpha value is -3.48. The summed E-state index contributed by atoms with van der Waals surface area (Å²) in [6, 6.07) is 11.3. The van der Waals surface area contributed by atoms with Crippen LogP contribution in [0.5, 0.6) is 0 Å². The molecule has 1 atom stereocenters. The number of esters is 1. The summed E-state index contributed by atoms with van der Waals surface area (Å²) in [4.78, 5) is 42.2. The zero-order valence-corrected chi connectivity index (χ0v) is 17.7. The average Bonchev–Trinajstić information content (AvgIpc) is 2.78. The van der Waals surface area contributed by atoms with Gasteiger partial charge in [0.25, 0.3) is 5.91 Å². The van der Waals surface area contributed by atoms with Gasteiger partial charge >= 0.3 is 5.97 Å². The Bertz CT molecular complexity index is 1220. The predicted molar refractivity (Wildman–Crippen MR) is 117 cm³/mol. The molecule has 1 aliphatic rings. The second-order valence-electron chi connectivity index (χ2n) is 7.77. The first-order chi connectivity index (χ1) is 15.0. The molecule has 0 fully saturated rings. The van der Waals surface area contributed by atoms with Crippen molar-refractivity contribution < 1.29 is 14.3 Å². The summed E-state index contributed by atoms with van der Waals surface area (Å²) in [5.74, 6) is -1.20. The number of aryl methyl sites for hydroxylation is 3. The Balaban J connectivity index is 1.47. The minimum Gasteiger partial charge on any atom is -0.452 e. The largest absolute Gasteiger partial charge is 0.452 e. The van der Waals surface area contributed by atoms with Gasteiger partial charge in [0.15, 0.2) is 6.61 Å². The van der Waals surface area contributed by atoms with Gasteiger partial charge in [0.1, 0.15) is 11.2 Å². The number of carbonyl (C=O) groups is 2. The number of ether oxygens (including phenoxy) is 1. The van der Waals surface area contributed by atoms with E-state index in [2.05, 4.69) is 16.4 Å². The molecule has 2 aromatic heterocycles. The van der Waals surface area contributed by atoms with E-state index in [0.717, 1.165) is 30.5 Å². The summed E-state index contributed by atoms with van der Waals surface area (Å²) in [6.45, 7) is 3.84. The monoisotopic (exact) mass is 419 g/mol. The van der Waals surface area contributed by atoms with Crippen molar-refractivity contribution in [2.75, 3.05) is 6.61 Å². The number of amides is 1. The molecule has 1 N–H and O–H groups in total. The maximum absolute atomic E-state index is 12.8. The van der Waals surface area contributed by atoms with Gasteiger partial charge in [-0.2, -0.15) is 0 Å². The maximum atomic E-state index is 12.8. The van der Waals surface area contributed by atoms with Gasteiger partial charge < -0.3 is 14.6 Å². The lowest BCUT2D eigenvalue weighted by molar-refractivity contribution is -0.125. The number of fused-ring (bicyclic) bond motifs is 2. The molecule has 1 unspecified atom stereocenters. The van der Waals surface area contributed by atoms with Crippen LogP contribution in [0.4, 0.5) is 0 Å². The molecule has 0 bridgehead atoms. The van der Waals surface area contributed by atoms with Crippen molar-refractivity contribution in [2.45, 2.75) is 45.7 Å². The number of aromatic nitrogens is 2. The van der Waals surface area contributed by atoms with Crippen LogP contribution in [-0.4, -0.2) is 28.0 Å². The Morgan fingerprint density at radius 3 is 2.84 bits per heavy atom. The third-order valence-corrected chi connectivity index (χ3v) is 5.66. The van der Waals surface area contributed by atoms with Crippen molar-refractivity contribution >= 4 is 22.9 Å². The number of carbonyl (C=O) groups excluding carboxylic acids is 2. The molecular formula is C24H25N3O4.